The highest BCUT2D eigenvalue weighted by Crippen LogP contribution is 2.20. The lowest BCUT2D eigenvalue weighted by Gasteiger charge is -2.10. The summed E-state index contributed by atoms with van der Waals surface area (Å²) in [6.07, 6.45) is 2.00. The van der Waals surface area contributed by atoms with Crippen LogP contribution in [-0.4, -0.2) is 20.5 Å². The van der Waals surface area contributed by atoms with E-state index in [1.807, 2.05) is 6.07 Å². The number of sulfonamides is 1. The fraction of sp³-hybridized carbons (Fsp3) is 0.176. The number of carbonyl (C=O) groups is 1. The average molecular weight is 356 g/mol. The van der Waals surface area contributed by atoms with Gasteiger partial charge in [-0.25, -0.2) is 13.2 Å². The maximum atomic E-state index is 12.4. The minimum Gasteiger partial charge on any atom is -0.335 e. The highest BCUT2D eigenvalue weighted by molar-refractivity contribution is 7.92. The van der Waals surface area contributed by atoms with Crippen molar-refractivity contribution in [2.75, 3.05) is 10.0 Å². The summed E-state index contributed by atoms with van der Waals surface area (Å²) in [6, 6.07) is 14.0. The third kappa shape index (κ3) is 4.49. The zero-order valence-corrected chi connectivity index (χ0v) is 14.0. The Morgan fingerprint density at radius 2 is 1.76 bits per heavy atom. The predicted molar refractivity (Wildman–Crippen MR) is 93.6 cm³/mol. The second kappa shape index (κ2) is 6.83. The van der Waals surface area contributed by atoms with Crippen LogP contribution in [0.15, 0.2) is 53.4 Å². The summed E-state index contributed by atoms with van der Waals surface area (Å²) >= 11 is 0. The zero-order valence-electron chi connectivity index (χ0n) is 13.2. The van der Waals surface area contributed by atoms with E-state index in [-0.39, 0.29) is 22.5 Å². The van der Waals surface area contributed by atoms with E-state index in [2.05, 4.69) is 15.4 Å². The Labute approximate surface area is 145 Å². The van der Waals surface area contributed by atoms with Gasteiger partial charge in [-0.3, -0.25) is 4.72 Å². The van der Waals surface area contributed by atoms with E-state index in [0.29, 0.717) is 11.4 Å². The van der Waals surface area contributed by atoms with E-state index >= 15 is 0 Å². The molecule has 25 heavy (non-hydrogen) atoms. The Morgan fingerprint density at radius 1 is 1.08 bits per heavy atom. The smallest absolute Gasteiger partial charge is 0.319 e. The minimum absolute atomic E-state index is 0.0116. The second-order valence-electron chi connectivity index (χ2n) is 5.70. The molecule has 0 heterocycles. The Morgan fingerprint density at radius 3 is 2.40 bits per heavy atom. The number of nitriles is 1. The van der Waals surface area contributed by atoms with Crippen LogP contribution in [0.4, 0.5) is 16.2 Å². The molecule has 0 radical (unpaired) electrons. The van der Waals surface area contributed by atoms with Crippen LogP contribution >= 0.6 is 0 Å². The van der Waals surface area contributed by atoms with Crippen LogP contribution in [0.2, 0.25) is 0 Å². The van der Waals surface area contributed by atoms with Gasteiger partial charge < -0.3 is 10.6 Å². The van der Waals surface area contributed by atoms with Gasteiger partial charge >= 0.3 is 6.03 Å². The monoisotopic (exact) mass is 356 g/mol. The highest BCUT2D eigenvalue weighted by Gasteiger charge is 2.23. The van der Waals surface area contributed by atoms with Crippen LogP contribution in [0.3, 0.4) is 0 Å². The molecular formula is C17H16N4O3S. The summed E-state index contributed by atoms with van der Waals surface area (Å²) in [5.41, 5.74) is 1.19. The van der Waals surface area contributed by atoms with Crippen LogP contribution < -0.4 is 15.4 Å². The molecule has 1 fully saturated rings. The molecule has 1 aliphatic carbocycles. The molecule has 0 aliphatic heterocycles. The molecule has 2 amide bonds. The molecule has 8 heteroatoms. The van der Waals surface area contributed by atoms with Crippen molar-refractivity contribution in [2.45, 2.75) is 23.8 Å². The SMILES string of the molecule is N#Cc1cccc(S(=O)(=O)Nc2ccc(NC(=O)NC3CC3)cc2)c1. The fourth-order valence-corrected chi connectivity index (χ4v) is 3.25. The first kappa shape index (κ1) is 16.8. The van der Waals surface area contributed by atoms with E-state index in [9.17, 15) is 13.2 Å². The first-order chi connectivity index (χ1) is 12.0. The highest BCUT2D eigenvalue weighted by atomic mass is 32.2. The Kier molecular flexibility index (Phi) is 4.59. The summed E-state index contributed by atoms with van der Waals surface area (Å²) in [5.74, 6) is 0. The van der Waals surface area contributed by atoms with Crippen LogP contribution in [0.1, 0.15) is 18.4 Å². The molecule has 1 saturated carbocycles. The summed E-state index contributed by atoms with van der Waals surface area (Å²) < 4.78 is 27.2. The molecule has 2 aromatic rings. The second-order valence-corrected chi connectivity index (χ2v) is 7.38. The largest absolute Gasteiger partial charge is 0.335 e. The van der Waals surface area contributed by atoms with Gasteiger partial charge in [0.2, 0.25) is 0 Å². The van der Waals surface area contributed by atoms with Gasteiger partial charge in [-0.05, 0) is 55.3 Å². The summed E-state index contributed by atoms with van der Waals surface area (Å²) in [5, 5.41) is 14.4. The number of carbonyl (C=O) groups excluding carboxylic acids is 1. The Balaban J connectivity index is 1.67. The molecule has 3 rings (SSSR count). The lowest BCUT2D eigenvalue weighted by molar-refractivity contribution is 0.251. The topological polar surface area (TPSA) is 111 Å². The van der Waals surface area contributed by atoms with Crippen molar-refractivity contribution in [1.29, 1.82) is 5.26 Å². The predicted octanol–water partition coefficient (Wildman–Crippen LogP) is 2.64. The molecule has 0 aromatic heterocycles. The number of amides is 2. The van der Waals surface area contributed by atoms with Crippen molar-refractivity contribution in [1.82, 2.24) is 5.32 Å². The number of rotatable bonds is 5. The summed E-state index contributed by atoms with van der Waals surface area (Å²) in [6.45, 7) is 0. The molecule has 0 saturated heterocycles. The maximum Gasteiger partial charge on any atom is 0.319 e. The van der Waals surface area contributed by atoms with Gasteiger partial charge in [0.15, 0.2) is 0 Å². The van der Waals surface area contributed by atoms with Crippen LogP contribution in [0.25, 0.3) is 0 Å². The van der Waals surface area contributed by atoms with Gasteiger partial charge in [0.05, 0.1) is 16.5 Å². The zero-order chi connectivity index (χ0) is 17.9. The van der Waals surface area contributed by atoms with Gasteiger partial charge in [0, 0.05) is 17.4 Å². The molecule has 0 bridgehead atoms. The Bertz CT molecular complexity index is 929. The first-order valence-electron chi connectivity index (χ1n) is 7.67. The van der Waals surface area contributed by atoms with Gasteiger partial charge in [-0.15, -0.1) is 0 Å². The molecular weight excluding hydrogens is 340 g/mol. The Hall–Kier alpha value is -3.05. The molecule has 7 nitrogen and oxygen atoms in total. The molecule has 2 aromatic carbocycles. The van der Waals surface area contributed by atoms with Crippen molar-refractivity contribution in [3.8, 4) is 6.07 Å². The normalized spacial score (nSPS) is 13.6. The maximum absolute atomic E-state index is 12.4. The minimum atomic E-state index is -3.79. The summed E-state index contributed by atoms with van der Waals surface area (Å²) in [4.78, 5) is 11.7. The van der Waals surface area contributed by atoms with E-state index in [1.54, 1.807) is 24.3 Å². The third-order valence-corrected chi connectivity index (χ3v) is 4.96. The van der Waals surface area contributed by atoms with Crippen LogP contribution in [0, 0.1) is 11.3 Å². The number of benzene rings is 2. The van der Waals surface area contributed by atoms with Crippen LogP contribution in [-0.2, 0) is 10.0 Å². The molecule has 0 spiro atoms. The van der Waals surface area contributed by atoms with Crippen molar-refractivity contribution in [2.24, 2.45) is 0 Å². The van der Waals surface area contributed by atoms with Crippen molar-refractivity contribution in [3.63, 3.8) is 0 Å². The fourth-order valence-electron chi connectivity index (χ4n) is 2.15. The van der Waals surface area contributed by atoms with E-state index in [1.165, 1.54) is 24.3 Å². The van der Waals surface area contributed by atoms with E-state index in [0.717, 1.165) is 12.8 Å². The lowest BCUT2D eigenvalue weighted by atomic mass is 10.2. The average Bonchev–Trinajstić information content (AvgIpc) is 3.40. The van der Waals surface area contributed by atoms with Crippen molar-refractivity contribution >= 4 is 27.4 Å². The van der Waals surface area contributed by atoms with E-state index in [4.69, 9.17) is 5.26 Å². The third-order valence-electron chi connectivity index (χ3n) is 3.58. The number of hydrogen-bond donors (Lipinski definition) is 3. The van der Waals surface area contributed by atoms with Crippen molar-refractivity contribution in [3.05, 3.63) is 54.1 Å². The number of nitrogens with one attached hydrogen (secondary N) is 3. The number of hydrogen-bond acceptors (Lipinski definition) is 4. The van der Waals surface area contributed by atoms with Gasteiger partial charge in [-0.2, -0.15) is 5.26 Å². The molecule has 0 unspecified atom stereocenters. The molecule has 0 atom stereocenters. The lowest BCUT2D eigenvalue weighted by Crippen LogP contribution is -2.30. The number of anilines is 2. The first-order valence-corrected chi connectivity index (χ1v) is 9.15. The standard InChI is InChI=1S/C17H16N4O3S/c18-11-12-2-1-3-16(10-12)25(23,24)21-15-8-6-14(7-9-15)20-17(22)19-13-4-5-13/h1-3,6-10,13,21H,4-5H2,(H2,19,20,22). The molecule has 3 N–H and O–H groups in total. The number of nitrogens with zero attached hydrogens (tertiary/aromatic N) is 1. The van der Waals surface area contributed by atoms with E-state index < -0.39 is 10.0 Å². The molecule has 1 aliphatic rings. The van der Waals surface area contributed by atoms with Gasteiger partial charge in [-0.1, -0.05) is 6.07 Å². The van der Waals surface area contributed by atoms with Gasteiger partial charge in [0.25, 0.3) is 10.0 Å². The molecule has 128 valence electrons. The number of urea groups is 1. The van der Waals surface area contributed by atoms with Crippen LogP contribution in [0.5, 0.6) is 0 Å². The van der Waals surface area contributed by atoms with Gasteiger partial charge in [0.1, 0.15) is 0 Å². The quantitative estimate of drug-likeness (QED) is 0.764. The van der Waals surface area contributed by atoms with Crippen molar-refractivity contribution < 1.29 is 13.2 Å². The summed E-state index contributed by atoms with van der Waals surface area (Å²) in [7, 11) is -3.79.